The Morgan fingerprint density at radius 1 is 1.36 bits per heavy atom. The number of aromatic carboxylic acids is 1. The Morgan fingerprint density at radius 2 is 2.14 bits per heavy atom. The first-order valence-electron chi connectivity index (χ1n) is 9.05. The number of benzene rings is 2. The molecule has 1 aliphatic rings. The molecule has 3 rings (SSSR count). The Bertz CT molecular complexity index is 833. The maximum absolute atomic E-state index is 12.7. The van der Waals surface area contributed by atoms with E-state index in [4.69, 9.17) is 16.3 Å². The summed E-state index contributed by atoms with van der Waals surface area (Å²) in [5, 5.41) is 12.0. The van der Waals surface area contributed by atoms with Gasteiger partial charge in [-0.1, -0.05) is 30.7 Å². The van der Waals surface area contributed by atoms with Crippen LogP contribution >= 0.6 is 11.6 Å². The minimum absolute atomic E-state index is 0. The molecule has 0 amide bonds. The van der Waals surface area contributed by atoms with Crippen molar-refractivity contribution >= 4 is 23.3 Å². The smallest absolute Gasteiger partial charge is 0.545 e. The number of hydrogen-bond acceptors (Lipinski definition) is 4. The SMILES string of the molecule is CC(CF)COc1ccc(Cl)cc1CN1CCCc2c(C(=O)[O-])cccc21.[Na+]. The number of ether oxygens (including phenoxy) is 1. The first-order chi connectivity index (χ1) is 13.0. The molecule has 0 fully saturated rings. The monoisotopic (exact) mass is 413 g/mol. The molecule has 1 atom stereocenters. The first kappa shape index (κ1) is 23.0. The van der Waals surface area contributed by atoms with E-state index >= 15 is 0 Å². The molecule has 2 aromatic carbocycles. The predicted molar refractivity (Wildman–Crippen MR) is 102 cm³/mol. The van der Waals surface area contributed by atoms with Gasteiger partial charge >= 0.3 is 29.6 Å². The topological polar surface area (TPSA) is 52.6 Å². The zero-order valence-corrected chi connectivity index (χ0v) is 19.0. The molecule has 7 heteroatoms. The van der Waals surface area contributed by atoms with Gasteiger partial charge in [0.2, 0.25) is 0 Å². The van der Waals surface area contributed by atoms with Gasteiger partial charge in [-0.05, 0) is 42.7 Å². The summed E-state index contributed by atoms with van der Waals surface area (Å²) in [6, 6.07) is 10.6. The summed E-state index contributed by atoms with van der Waals surface area (Å²) in [5.74, 6) is -0.668. The Kier molecular flexibility index (Phi) is 8.62. The second kappa shape index (κ2) is 10.5. The molecule has 0 aromatic heterocycles. The third kappa shape index (κ3) is 5.41. The maximum Gasteiger partial charge on any atom is 1.00 e. The van der Waals surface area contributed by atoms with E-state index in [-0.39, 0.29) is 47.6 Å². The molecule has 1 heterocycles. The molecule has 2 aromatic rings. The summed E-state index contributed by atoms with van der Waals surface area (Å²) in [7, 11) is 0. The fourth-order valence-corrected chi connectivity index (χ4v) is 3.55. The van der Waals surface area contributed by atoms with Gasteiger partial charge in [0.1, 0.15) is 5.75 Å². The second-order valence-electron chi connectivity index (χ2n) is 6.94. The van der Waals surface area contributed by atoms with Crippen molar-refractivity contribution in [2.45, 2.75) is 26.3 Å². The number of halogens is 2. The van der Waals surface area contributed by atoms with Crippen LogP contribution in [0, 0.1) is 5.92 Å². The van der Waals surface area contributed by atoms with Crippen molar-refractivity contribution in [1.82, 2.24) is 0 Å². The molecule has 0 radical (unpaired) electrons. The van der Waals surface area contributed by atoms with Crippen LogP contribution < -0.4 is 44.3 Å². The van der Waals surface area contributed by atoms with E-state index in [1.54, 1.807) is 31.2 Å². The third-order valence-electron chi connectivity index (χ3n) is 4.74. The molecule has 0 saturated heterocycles. The van der Waals surface area contributed by atoms with Crippen molar-refractivity contribution in [1.29, 1.82) is 0 Å². The van der Waals surface area contributed by atoms with Gasteiger partial charge in [0.25, 0.3) is 0 Å². The number of alkyl halides is 1. The number of carbonyl (C=O) groups excluding carboxylic acids is 1. The normalized spacial score (nSPS) is 14.0. The number of nitrogens with zero attached hydrogens (tertiary/aromatic N) is 1. The second-order valence-corrected chi connectivity index (χ2v) is 7.37. The molecule has 0 aliphatic carbocycles. The zero-order chi connectivity index (χ0) is 19.4. The fourth-order valence-electron chi connectivity index (χ4n) is 3.35. The molecule has 0 bridgehead atoms. The van der Waals surface area contributed by atoms with E-state index in [1.807, 2.05) is 12.1 Å². The summed E-state index contributed by atoms with van der Waals surface area (Å²) in [6.45, 7) is 2.97. The van der Waals surface area contributed by atoms with Crippen molar-refractivity contribution in [3.8, 4) is 5.75 Å². The number of hydrogen-bond donors (Lipinski definition) is 0. The summed E-state index contributed by atoms with van der Waals surface area (Å²) in [5.41, 5.74) is 2.84. The molecule has 28 heavy (non-hydrogen) atoms. The number of carbonyl (C=O) groups is 1. The van der Waals surface area contributed by atoms with Crippen molar-refractivity contribution in [3.63, 3.8) is 0 Å². The van der Waals surface area contributed by atoms with E-state index in [9.17, 15) is 14.3 Å². The van der Waals surface area contributed by atoms with E-state index in [0.717, 1.165) is 29.8 Å². The summed E-state index contributed by atoms with van der Waals surface area (Å²) in [4.78, 5) is 13.5. The Morgan fingerprint density at radius 3 is 2.86 bits per heavy atom. The largest absolute Gasteiger partial charge is 1.00 e. The van der Waals surface area contributed by atoms with Crippen molar-refractivity contribution in [2.24, 2.45) is 5.92 Å². The fraction of sp³-hybridized carbons (Fsp3) is 0.381. The van der Waals surface area contributed by atoms with Crippen molar-refractivity contribution < 1.29 is 48.6 Å². The van der Waals surface area contributed by atoms with Gasteiger partial charge in [-0.3, -0.25) is 4.39 Å². The third-order valence-corrected chi connectivity index (χ3v) is 4.97. The van der Waals surface area contributed by atoms with Gasteiger partial charge in [-0.15, -0.1) is 0 Å². The number of fused-ring (bicyclic) bond motifs is 1. The molecule has 1 unspecified atom stereocenters. The standard InChI is InChI=1S/C21H23ClFNO3.Na/c1-14(11-23)13-27-20-8-7-16(22)10-15(20)12-24-9-3-5-17-18(21(25)26)4-2-6-19(17)24;/h2,4,6-8,10,14H,3,5,9,11-13H2,1H3,(H,25,26);/q;+1/p-1. The van der Waals surface area contributed by atoms with Gasteiger partial charge < -0.3 is 19.5 Å². The van der Waals surface area contributed by atoms with Gasteiger partial charge in [-0.2, -0.15) is 0 Å². The van der Waals surface area contributed by atoms with Crippen LogP contribution in [-0.2, 0) is 13.0 Å². The molecular formula is C21H22ClFNNaO3. The van der Waals surface area contributed by atoms with E-state index in [1.165, 1.54) is 0 Å². The Hall–Kier alpha value is -1.27. The minimum Gasteiger partial charge on any atom is -0.545 e. The number of carboxylic acids is 1. The first-order valence-corrected chi connectivity index (χ1v) is 9.42. The number of rotatable bonds is 7. The van der Waals surface area contributed by atoms with E-state index in [2.05, 4.69) is 4.90 Å². The molecule has 0 spiro atoms. The van der Waals surface area contributed by atoms with Crippen LogP contribution in [0.25, 0.3) is 0 Å². The van der Waals surface area contributed by atoms with Crippen molar-refractivity contribution in [3.05, 3.63) is 58.1 Å². The van der Waals surface area contributed by atoms with Crippen molar-refractivity contribution in [2.75, 3.05) is 24.7 Å². The summed E-state index contributed by atoms with van der Waals surface area (Å²) < 4.78 is 18.5. The average molecular weight is 414 g/mol. The number of anilines is 1. The molecule has 0 N–H and O–H groups in total. The average Bonchev–Trinajstić information content (AvgIpc) is 2.66. The quantitative estimate of drug-likeness (QED) is 0.625. The van der Waals surface area contributed by atoms with Crippen LogP contribution in [0.3, 0.4) is 0 Å². The number of carboxylic acid groups (broad SMARTS) is 1. The zero-order valence-electron chi connectivity index (χ0n) is 16.2. The predicted octanol–water partition coefficient (Wildman–Crippen LogP) is 0.645. The van der Waals surface area contributed by atoms with E-state index in [0.29, 0.717) is 23.7 Å². The van der Waals surface area contributed by atoms with Gasteiger partial charge in [0, 0.05) is 40.8 Å². The van der Waals surface area contributed by atoms with Crippen LogP contribution in [0.5, 0.6) is 5.75 Å². The molecule has 1 aliphatic heterocycles. The van der Waals surface area contributed by atoms with Crippen LogP contribution in [-0.4, -0.2) is 25.8 Å². The Balaban J connectivity index is 0.00000280. The summed E-state index contributed by atoms with van der Waals surface area (Å²) in [6.07, 6.45) is 1.57. The molecule has 0 saturated carbocycles. The molecule has 144 valence electrons. The summed E-state index contributed by atoms with van der Waals surface area (Å²) >= 11 is 6.17. The van der Waals surface area contributed by atoms with Gasteiger partial charge in [0.15, 0.2) is 0 Å². The molecule has 4 nitrogen and oxygen atoms in total. The van der Waals surface area contributed by atoms with E-state index < -0.39 is 12.6 Å². The van der Waals surface area contributed by atoms with Crippen LogP contribution in [0.2, 0.25) is 5.02 Å². The van der Waals surface area contributed by atoms with Crippen LogP contribution in [0.15, 0.2) is 36.4 Å². The minimum atomic E-state index is -1.15. The molecular weight excluding hydrogens is 392 g/mol. The van der Waals surface area contributed by atoms with Gasteiger partial charge in [0.05, 0.1) is 19.3 Å². The van der Waals surface area contributed by atoms with Crippen LogP contribution in [0.4, 0.5) is 10.1 Å². The maximum atomic E-state index is 12.7. The Labute approximate surface area is 191 Å². The van der Waals surface area contributed by atoms with Gasteiger partial charge in [-0.25, -0.2) is 0 Å². The van der Waals surface area contributed by atoms with Crippen LogP contribution in [0.1, 0.15) is 34.8 Å².